The number of rotatable bonds is 8. The maximum Gasteiger partial charge on any atom is 1.00 e. The number of anilines is 1. The van der Waals surface area contributed by atoms with Gasteiger partial charge in [0.2, 0.25) is 5.95 Å². The van der Waals surface area contributed by atoms with Crippen molar-refractivity contribution in [1.29, 1.82) is 0 Å². The largest absolute Gasteiger partial charge is 1.00 e. The molecule has 0 amide bonds. The molecule has 2 aromatic heterocycles. The third-order valence-electron chi connectivity index (χ3n) is 3.67. The smallest absolute Gasteiger partial charge is 0.756 e. The van der Waals surface area contributed by atoms with Crippen LogP contribution < -0.4 is 115 Å². The molecule has 4 N–H and O–H groups in total. The topological polar surface area (TPSA) is 267 Å². The van der Waals surface area contributed by atoms with Crippen LogP contribution in [0.1, 0.15) is 19.1 Å². The molecule has 3 heterocycles. The number of aromatic amines is 1. The fourth-order valence-corrected chi connectivity index (χ4v) is 5.55. The number of nitrogens with one attached hydrogen (secondary N) is 1. The molecule has 168 valence electrons. The zero-order chi connectivity index (χ0) is 22.3. The summed E-state index contributed by atoms with van der Waals surface area (Å²) >= 11 is 0. The Kier molecular flexibility index (Phi) is 14.0. The van der Waals surface area contributed by atoms with E-state index < -0.39 is 48.0 Å². The Morgan fingerprint density at radius 1 is 1.18 bits per heavy atom. The Balaban J connectivity index is 0.00000341. The van der Waals surface area contributed by atoms with Crippen LogP contribution in [0.5, 0.6) is 0 Å². The van der Waals surface area contributed by atoms with E-state index in [0.29, 0.717) is 6.42 Å². The van der Waals surface area contributed by atoms with Crippen LogP contribution in [-0.4, -0.2) is 37.1 Å². The molecule has 0 saturated carbocycles. The zero-order valence-electron chi connectivity index (χ0n) is 17.6. The third kappa shape index (κ3) is 10.1. The van der Waals surface area contributed by atoms with Crippen LogP contribution in [0.3, 0.4) is 0 Å². The number of nitrogens with zero attached hydrogens (tertiary/aromatic N) is 3. The maximum atomic E-state index is 11.8. The Morgan fingerprint density at radius 2 is 1.82 bits per heavy atom. The van der Waals surface area contributed by atoms with Gasteiger partial charge in [-0.25, -0.2) is 13.6 Å². The summed E-state index contributed by atoms with van der Waals surface area (Å²) in [7, 11) is -17.4. The number of hydrogen-bond donors (Lipinski definition) is 3. The van der Waals surface area contributed by atoms with Crippen LogP contribution in [0.4, 0.5) is 5.95 Å². The minimum absolute atomic E-state index is 0. The van der Waals surface area contributed by atoms with Crippen LogP contribution >= 0.6 is 23.5 Å². The molecule has 33 heavy (non-hydrogen) atoms. The summed E-state index contributed by atoms with van der Waals surface area (Å²) in [6, 6.07) is 0. The summed E-state index contributed by atoms with van der Waals surface area (Å²) in [6.45, 7) is -0.686. The monoisotopic (exact) mass is 557 g/mol. The Morgan fingerprint density at radius 3 is 2.42 bits per heavy atom. The van der Waals surface area contributed by atoms with Crippen molar-refractivity contribution in [2.75, 3.05) is 12.3 Å². The molecule has 17 nitrogen and oxygen atoms in total. The van der Waals surface area contributed by atoms with Crippen LogP contribution in [0, 0.1) is 0 Å². The van der Waals surface area contributed by atoms with Gasteiger partial charge in [0, 0.05) is 0 Å². The van der Waals surface area contributed by atoms with E-state index >= 15 is 0 Å². The van der Waals surface area contributed by atoms with Gasteiger partial charge in [-0.3, -0.25) is 28.0 Å². The molecule has 23 heteroatoms. The molecule has 0 bridgehead atoms. The van der Waals surface area contributed by atoms with E-state index in [1.807, 2.05) is 0 Å². The molecule has 0 spiro atoms. The number of aromatic nitrogens is 4. The number of nitrogen functional groups attached to an aromatic ring is 1. The SMILES string of the molecule is Nc1nc2c(ncn2[C@H]2CC[C@@H](COP(=O)([O-])OP(=O)([O-])OP(=O)([O-])O)O2)c(=O)[nH]1.[Na+].[Na+].[Na+]. The van der Waals surface area contributed by atoms with E-state index in [0.717, 1.165) is 0 Å². The average Bonchev–Trinajstić information content (AvgIpc) is 3.15. The van der Waals surface area contributed by atoms with Crippen molar-refractivity contribution in [1.82, 2.24) is 19.5 Å². The molecule has 0 aromatic carbocycles. The van der Waals surface area contributed by atoms with Crippen molar-refractivity contribution in [3.8, 4) is 0 Å². The average molecular weight is 557 g/mol. The third-order valence-corrected chi connectivity index (χ3v) is 7.36. The first-order valence-corrected chi connectivity index (χ1v) is 12.3. The standard InChI is InChI=1S/C10H16N5O12P3.3Na/c11-10-13-8-7(9(16)14-10)12-4-15(8)6-2-1-5(25-6)3-24-29(20,21)27-30(22,23)26-28(17,18)19;;;/h4-6H,1-3H2,(H,20,21)(H,22,23)(H2,17,18,19)(H3,11,13,14,16);;;/q;3*+1/p-3/t5-,6+;;;/m0.../s1. The van der Waals surface area contributed by atoms with Crippen molar-refractivity contribution in [3.63, 3.8) is 0 Å². The van der Waals surface area contributed by atoms with E-state index in [4.69, 9.17) is 15.4 Å². The molecular weight excluding hydrogens is 544 g/mol. The van der Waals surface area contributed by atoms with Crippen LogP contribution in [0.2, 0.25) is 0 Å². The molecule has 3 unspecified atom stereocenters. The van der Waals surface area contributed by atoms with E-state index in [1.165, 1.54) is 10.9 Å². The van der Waals surface area contributed by atoms with Crippen molar-refractivity contribution < 1.29 is 140 Å². The Hall–Kier alpha value is 1.52. The normalized spacial score (nSPS) is 23.3. The summed E-state index contributed by atoms with van der Waals surface area (Å²) in [5, 5.41) is 0. The van der Waals surface area contributed by atoms with Gasteiger partial charge in [0.25, 0.3) is 29.0 Å². The minimum Gasteiger partial charge on any atom is -0.756 e. The van der Waals surface area contributed by atoms with E-state index in [-0.39, 0.29) is 112 Å². The van der Waals surface area contributed by atoms with Crippen LogP contribution in [0.15, 0.2) is 11.1 Å². The van der Waals surface area contributed by atoms with Gasteiger partial charge in [0.15, 0.2) is 11.2 Å². The molecular formula is C10H13N5Na3O12P3. The van der Waals surface area contributed by atoms with Crippen LogP contribution in [-0.2, 0) is 31.6 Å². The van der Waals surface area contributed by atoms with Gasteiger partial charge in [-0.05, 0) is 12.8 Å². The summed E-state index contributed by atoms with van der Waals surface area (Å²) in [6.07, 6.45) is 0.293. The Labute approximate surface area is 251 Å². The zero-order valence-corrected chi connectivity index (χ0v) is 26.2. The van der Waals surface area contributed by atoms with Gasteiger partial charge >= 0.3 is 88.7 Å². The number of phosphoric acid groups is 3. The number of nitrogens with two attached hydrogens (primary N) is 1. The predicted octanol–water partition coefficient (Wildman–Crippen LogP) is -11.2. The molecule has 1 fully saturated rings. The summed E-state index contributed by atoms with van der Waals surface area (Å²) in [4.78, 5) is 63.4. The maximum absolute atomic E-state index is 11.8. The molecule has 5 atom stereocenters. The minimum atomic E-state index is -5.97. The van der Waals surface area contributed by atoms with Crippen molar-refractivity contribution in [3.05, 3.63) is 16.7 Å². The molecule has 1 aliphatic heterocycles. The van der Waals surface area contributed by atoms with Crippen molar-refractivity contribution in [2.45, 2.75) is 25.2 Å². The number of ether oxygens (including phenoxy) is 1. The fourth-order valence-electron chi connectivity index (χ4n) is 2.63. The first-order chi connectivity index (χ1) is 13.7. The number of hydrogen-bond acceptors (Lipinski definition) is 14. The molecule has 1 saturated heterocycles. The number of fused-ring (bicyclic) bond motifs is 1. The van der Waals surface area contributed by atoms with Crippen LogP contribution in [0.25, 0.3) is 11.2 Å². The molecule has 1 aliphatic rings. The second kappa shape index (κ2) is 13.4. The van der Waals surface area contributed by atoms with Crippen molar-refractivity contribution >= 4 is 40.6 Å². The molecule has 2 aromatic rings. The first kappa shape index (κ1) is 34.5. The molecule has 3 rings (SSSR count). The van der Waals surface area contributed by atoms with Gasteiger partial charge in [-0.2, -0.15) is 4.98 Å². The molecule has 0 radical (unpaired) electrons. The van der Waals surface area contributed by atoms with E-state index in [2.05, 4.69) is 28.1 Å². The van der Waals surface area contributed by atoms with E-state index in [9.17, 15) is 33.2 Å². The van der Waals surface area contributed by atoms with E-state index in [1.54, 1.807) is 0 Å². The predicted molar refractivity (Wildman–Crippen MR) is 88.9 cm³/mol. The fraction of sp³-hybridized carbons (Fsp3) is 0.500. The van der Waals surface area contributed by atoms with Gasteiger partial charge in [-0.1, -0.05) is 0 Å². The van der Waals surface area contributed by atoms with Gasteiger partial charge in [0.05, 0.1) is 19.0 Å². The number of phosphoric ester groups is 1. The number of H-pyrrole nitrogens is 1. The quantitative estimate of drug-likeness (QED) is 0.201. The number of imidazole rings is 1. The second-order valence-corrected chi connectivity index (χ2v) is 10.2. The van der Waals surface area contributed by atoms with Gasteiger partial charge < -0.3 is 34.6 Å². The summed E-state index contributed by atoms with van der Waals surface area (Å²) in [5.74, 6) is -0.147. The summed E-state index contributed by atoms with van der Waals surface area (Å²) in [5.41, 5.74) is 5.09. The second-order valence-electron chi connectivity index (χ2n) is 5.89. The summed E-state index contributed by atoms with van der Waals surface area (Å²) < 4.78 is 51.2. The van der Waals surface area contributed by atoms with Gasteiger partial charge in [0.1, 0.15) is 6.23 Å². The Bertz CT molecular complexity index is 1160. The van der Waals surface area contributed by atoms with Crippen molar-refractivity contribution in [2.24, 2.45) is 0 Å². The molecule has 0 aliphatic carbocycles. The van der Waals surface area contributed by atoms with Gasteiger partial charge in [-0.15, -0.1) is 0 Å². The first-order valence-electron chi connectivity index (χ1n) is 7.85.